The van der Waals surface area contributed by atoms with Gasteiger partial charge in [-0.2, -0.15) is 5.26 Å². The number of hydrogen-bond acceptors (Lipinski definition) is 4. The van der Waals surface area contributed by atoms with E-state index in [-0.39, 0.29) is 11.7 Å². The molecule has 0 saturated carbocycles. The summed E-state index contributed by atoms with van der Waals surface area (Å²) in [5, 5.41) is 9.16. The van der Waals surface area contributed by atoms with Crippen LogP contribution in [0.2, 0.25) is 0 Å². The van der Waals surface area contributed by atoms with Gasteiger partial charge in [-0.15, -0.1) is 0 Å². The van der Waals surface area contributed by atoms with Crippen LogP contribution in [0.25, 0.3) is 0 Å². The maximum Gasteiger partial charge on any atom is 0.216 e. The minimum atomic E-state index is -0.465. The smallest absolute Gasteiger partial charge is 0.216 e. The van der Waals surface area contributed by atoms with Crippen molar-refractivity contribution in [1.82, 2.24) is 4.98 Å². The van der Waals surface area contributed by atoms with Crippen molar-refractivity contribution < 1.29 is 9.13 Å². The van der Waals surface area contributed by atoms with Crippen LogP contribution in [-0.2, 0) is 0 Å². The minimum Gasteiger partial charge on any atom is -0.474 e. The molecule has 1 fully saturated rings. The molecule has 1 saturated heterocycles. The van der Waals surface area contributed by atoms with Gasteiger partial charge in [0.2, 0.25) is 5.88 Å². The van der Waals surface area contributed by atoms with Gasteiger partial charge in [0, 0.05) is 37.7 Å². The number of aromatic nitrogens is 1. The molecule has 0 amide bonds. The van der Waals surface area contributed by atoms with E-state index in [1.54, 1.807) is 18.3 Å². The molecule has 23 heavy (non-hydrogen) atoms. The molecule has 3 rings (SSSR count). The molecule has 2 aromatic rings. The first-order chi connectivity index (χ1) is 11.2. The Hall–Kier alpha value is -2.61. The highest BCUT2D eigenvalue weighted by Crippen LogP contribution is 2.27. The van der Waals surface area contributed by atoms with Crippen LogP contribution in [0.5, 0.6) is 5.88 Å². The number of nitrogens with zero attached hydrogens (tertiary/aromatic N) is 3. The Morgan fingerprint density at radius 3 is 2.74 bits per heavy atom. The molecule has 0 unspecified atom stereocenters. The van der Waals surface area contributed by atoms with Gasteiger partial charge in [0.05, 0.1) is 5.69 Å². The zero-order valence-corrected chi connectivity index (χ0v) is 13.0. The average Bonchev–Trinajstić information content (AvgIpc) is 2.57. The lowest BCUT2D eigenvalue weighted by molar-refractivity contribution is 0.163. The largest absolute Gasteiger partial charge is 0.474 e. The van der Waals surface area contributed by atoms with Gasteiger partial charge in [0.1, 0.15) is 23.6 Å². The zero-order valence-electron chi connectivity index (χ0n) is 13.0. The highest BCUT2D eigenvalue weighted by molar-refractivity contribution is 5.60. The predicted molar refractivity (Wildman–Crippen MR) is 86.0 cm³/mol. The first-order valence-corrected chi connectivity index (χ1v) is 7.71. The molecule has 5 heteroatoms. The molecule has 4 nitrogen and oxygen atoms in total. The summed E-state index contributed by atoms with van der Waals surface area (Å²) in [7, 11) is 0. The second-order valence-electron chi connectivity index (χ2n) is 5.68. The number of halogens is 1. The molecule has 1 aromatic carbocycles. The fourth-order valence-corrected chi connectivity index (χ4v) is 2.85. The first kappa shape index (κ1) is 15.3. The summed E-state index contributed by atoms with van der Waals surface area (Å²) in [4.78, 5) is 6.31. The number of nitriles is 1. The standard InChI is InChI=1S/C18H18FN3O/c1-13-4-3-9-21-18(13)23-14-7-10-22(11-8-14)17-6-2-5-16(19)15(17)12-20/h2-6,9,14H,7-8,10-11H2,1H3. The van der Waals surface area contributed by atoms with Crippen molar-refractivity contribution in [1.29, 1.82) is 5.26 Å². The van der Waals surface area contributed by atoms with Crippen LogP contribution in [0.3, 0.4) is 0 Å². The van der Waals surface area contributed by atoms with Crippen molar-refractivity contribution >= 4 is 5.69 Å². The van der Waals surface area contributed by atoms with Crippen molar-refractivity contribution in [3.05, 3.63) is 53.5 Å². The van der Waals surface area contributed by atoms with Gasteiger partial charge in [-0.1, -0.05) is 12.1 Å². The molecular formula is C18H18FN3O. The van der Waals surface area contributed by atoms with Gasteiger partial charge in [0.25, 0.3) is 0 Å². The van der Waals surface area contributed by atoms with Crippen LogP contribution in [0, 0.1) is 24.1 Å². The SMILES string of the molecule is Cc1cccnc1OC1CCN(c2cccc(F)c2C#N)CC1. The van der Waals surface area contributed by atoms with E-state index in [1.807, 2.05) is 30.0 Å². The van der Waals surface area contributed by atoms with Crippen molar-refractivity contribution in [2.75, 3.05) is 18.0 Å². The molecule has 1 aromatic heterocycles. The van der Waals surface area contributed by atoms with Gasteiger partial charge in [-0.25, -0.2) is 9.37 Å². The van der Waals surface area contributed by atoms with Crippen LogP contribution in [0.15, 0.2) is 36.5 Å². The van der Waals surface area contributed by atoms with E-state index < -0.39 is 5.82 Å². The summed E-state index contributed by atoms with van der Waals surface area (Å²) in [6.45, 7) is 3.44. The van der Waals surface area contributed by atoms with Gasteiger partial charge >= 0.3 is 0 Å². The highest BCUT2D eigenvalue weighted by Gasteiger charge is 2.24. The molecule has 0 radical (unpaired) electrons. The number of piperidine rings is 1. The molecule has 1 aliphatic heterocycles. The Morgan fingerprint density at radius 2 is 2.04 bits per heavy atom. The van der Waals surface area contributed by atoms with E-state index in [0.717, 1.165) is 31.5 Å². The van der Waals surface area contributed by atoms with E-state index in [2.05, 4.69) is 4.98 Å². The van der Waals surface area contributed by atoms with E-state index in [1.165, 1.54) is 6.07 Å². The summed E-state index contributed by atoms with van der Waals surface area (Å²) in [6, 6.07) is 10.6. The summed E-state index contributed by atoms with van der Waals surface area (Å²) in [5.74, 6) is 0.210. The normalized spacial score (nSPS) is 15.3. The Morgan fingerprint density at radius 1 is 1.26 bits per heavy atom. The Balaban J connectivity index is 1.67. The van der Waals surface area contributed by atoms with Gasteiger partial charge in [-0.3, -0.25) is 0 Å². The topological polar surface area (TPSA) is 49.1 Å². The fourth-order valence-electron chi connectivity index (χ4n) is 2.85. The lowest BCUT2D eigenvalue weighted by Gasteiger charge is -2.34. The first-order valence-electron chi connectivity index (χ1n) is 7.71. The number of anilines is 1. The fraction of sp³-hybridized carbons (Fsp3) is 0.333. The van der Waals surface area contributed by atoms with Gasteiger partial charge in [-0.05, 0) is 25.1 Å². The second-order valence-corrected chi connectivity index (χ2v) is 5.68. The number of hydrogen-bond donors (Lipinski definition) is 0. The number of pyridine rings is 1. The molecule has 0 spiro atoms. The molecule has 2 heterocycles. The van der Waals surface area contributed by atoms with E-state index >= 15 is 0 Å². The van der Waals surface area contributed by atoms with Crippen LogP contribution in [-0.4, -0.2) is 24.2 Å². The molecular weight excluding hydrogens is 293 g/mol. The molecule has 118 valence electrons. The summed E-state index contributed by atoms with van der Waals surface area (Å²) in [6.07, 6.45) is 3.46. The van der Waals surface area contributed by atoms with Gasteiger partial charge in [0.15, 0.2) is 0 Å². The Bertz CT molecular complexity index is 733. The highest BCUT2D eigenvalue weighted by atomic mass is 19.1. The monoisotopic (exact) mass is 311 g/mol. The van der Waals surface area contributed by atoms with Crippen LogP contribution in [0.4, 0.5) is 10.1 Å². The van der Waals surface area contributed by atoms with Crippen molar-refractivity contribution in [3.8, 4) is 11.9 Å². The summed E-state index contributed by atoms with van der Waals surface area (Å²) >= 11 is 0. The van der Waals surface area contributed by atoms with Crippen LogP contribution in [0.1, 0.15) is 24.0 Å². The summed E-state index contributed by atoms with van der Waals surface area (Å²) < 4.78 is 19.7. The van der Waals surface area contributed by atoms with Gasteiger partial charge < -0.3 is 9.64 Å². The molecule has 0 aliphatic carbocycles. The average molecular weight is 311 g/mol. The number of rotatable bonds is 3. The minimum absolute atomic E-state index is 0.0962. The number of ether oxygens (including phenoxy) is 1. The molecule has 0 N–H and O–H groups in total. The second kappa shape index (κ2) is 6.66. The Labute approximate surface area is 135 Å². The van der Waals surface area contributed by atoms with E-state index in [4.69, 9.17) is 10.00 Å². The number of aryl methyl sites for hydroxylation is 1. The van der Waals surface area contributed by atoms with Crippen LogP contribution < -0.4 is 9.64 Å². The molecule has 1 aliphatic rings. The quantitative estimate of drug-likeness (QED) is 0.871. The van der Waals surface area contributed by atoms with Crippen molar-refractivity contribution in [2.45, 2.75) is 25.9 Å². The van der Waals surface area contributed by atoms with E-state index in [0.29, 0.717) is 11.6 Å². The zero-order chi connectivity index (χ0) is 16.2. The summed E-state index contributed by atoms with van der Waals surface area (Å²) in [5.41, 5.74) is 1.80. The van der Waals surface area contributed by atoms with Crippen molar-refractivity contribution in [2.24, 2.45) is 0 Å². The van der Waals surface area contributed by atoms with E-state index in [9.17, 15) is 4.39 Å². The Kier molecular flexibility index (Phi) is 4.42. The maximum atomic E-state index is 13.7. The number of benzene rings is 1. The third-order valence-corrected chi connectivity index (χ3v) is 4.13. The lowest BCUT2D eigenvalue weighted by atomic mass is 10.0. The third-order valence-electron chi connectivity index (χ3n) is 4.13. The predicted octanol–water partition coefficient (Wildman–Crippen LogP) is 3.45. The molecule has 0 atom stereocenters. The maximum absolute atomic E-state index is 13.7. The molecule has 0 bridgehead atoms. The van der Waals surface area contributed by atoms with Crippen molar-refractivity contribution in [3.63, 3.8) is 0 Å². The third kappa shape index (κ3) is 3.26. The lowest BCUT2D eigenvalue weighted by Crippen LogP contribution is -2.38. The van der Waals surface area contributed by atoms with Crippen LogP contribution >= 0.6 is 0 Å².